The van der Waals surface area contributed by atoms with E-state index in [-0.39, 0.29) is 52.2 Å². The molecule has 0 radical (unpaired) electrons. The summed E-state index contributed by atoms with van der Waals surface area (Å²) in [6, 6.07) is 6.09. The minimum Gasteiger partial charge on any atom is -0.487 e. The highest BCUT2D eigenvalue weighted by Gasteiger charge is 2.40. The van der Waals surface area contributed by atoms with Gasteiger partial charge in [0.25, 0.3) is 11.8 Å². The smallest absolute Gasteiger partial charge is 0.259 e. The number of fused-ring (bicyclic) bond motifs is 1. The van der Waals surface area contributed by atoms with Gasteiger partial charge in [0.2, 0.25) is 5.82 Å². The summed E-state index contributed by atoms with van der Waals surface area (Å²) in [5.74, 6) is -5.13. The average molecular weight is 461 g/mol. The van der Waals surface area contributed by atoms with Crippen LogP contribution in [-0.2, 0) is 0 Å². The summed E-state index contributed by atoms with van der Waals surface area (Å²) in [4.78, 5) is 12.7. The van der Waals surface area contributed by atoms with Gasteiger partial charge in [-0.1, -0.05) is 0 Å². The van der Waals surface area contributed by atoms with Crippen LogP contribution in [0, 0.1) is 11.6 Å². The number of aromatic nitrogens is 4. The lowest BCUT2D eigenvalue weighted by molar-refractivity contribution is -0.00136. The van der Waals surface area contributed by atoms with Crippen LogP contribution >= 0.6 is 0 Å². The number of rotatable bonds is 5. The van der Waals surface area contributed by atoms with Crippen molar-refractivity contribution in [3.05, 3.63) is 53.8 Å². The Morgan fingerprint density at radius 3 is 2.76 bits per heavy atom. The number of H-pyrrole nitrogens is 1. The molecule has 1 fully saturated rings. The Labute approximate surface area is 182 Å². The van der Waals surface area contributed by atoms with Crippen molar-refractivity contribution in [1.29, 1.82) is 0 Å². The zero-order valence-corrected chi connectivity index (χ0v) is 16.7. The van der Waals surface area contributed by atoms with Crippen LogP contribution in [0.3, 0.4) is 0 Å². The van der Waals surface area contributed by atoms with Crippen LogP contribution in [0.1, 0.15) is 29.6 Å². The first-order valence-corrected chi connectivity index (χ1v) is 9.89. The highest BCUT2D eigenvalue weighted by Crippen LogP contribution is 2.37. The molecule has 1 aliphatic carbocycles. The second-order valence-electron chi connectivity index (χ2n) is 7.65. The topological polar surface area (TPSA) is 106 Å². The summed E-state index contributed by atoms with van der Waals surface area (Å²) >= 11 is 0. The molecule has 12 heteroatoms. The SMILES string of the molecule is O=C(Nc1ccc(OC2CCC(F)(F)C2)c(F)c1)c1coc2cc(-c3nn[nH]n3)c(F)cc12. The molecule has 1 saturated carbocycles. The van der Waals surface area contributed by atoms with E-state index < -0.39 is 36.0 Å². The Kier molecular flexibility index (Phi) is 4.99. The molecule has 0 spiro atoms. The van der Waals surface area contributed by atoms with Crippen molar-refractivity contribution in [3.63, 3.8) is 0 Å². The first kappa shape index (κ1) is 20.9. The number of nitrogens with zero attached hydrogens (tertiary/aromatic N) is 3. The summed E-state index contributed by atoms with van der Waals surface area (Å²) < 4.78 is 66.3. The van der Waals surface area contributed by atoms with Gasteiger partial charge in [-0.3, -0.25) is 4.79 Å². The number of amides is 1. The molecule has 2 N–H and O–H groups in total. The standard InChI is InChI=1S/C21H15F4N5O3/c22-15-6-12-14(9-32-18(12)7-13(15)19-27-29-30-28-19)20(31)26-10-1-2-17(16(23)5-10)33-11-3-4-21(24,25)8-11/h1-2,5-7,9,11H,3-4,8H2,(H,26,31)(H,27,28,29,30). The van der Waals surface area contributed by atoms with Crippen molar-refractivity contribution in [2.75, 3.05) is 5.32 Å². The molecule has 1 aliphatic rings. The molecule has 1 amide bonds. The molecule has 0 bridgehead atoms. The normalized spacial score (nSPS) is 17.4. The number of hydrogen-bond donors (Lipinski definition) is 2. The quantitative estimate of drug-likeness (QED) is 0.417. The van der Waals surface area contributed by atoms with Gasteiger partial charge in [0.15, 0.2) is 11.6 Å². The maximum absolute atomic E-state index is 14.5. The molecule has 8 nitrogen and oxygen atoms in total. The molecular weight excluding hydrogens is 446 g/mol. The van der Waals surface area contributed by atoms with E-state index in [1.54, 1.807) is 0 Å². The summed E-state index contributed by atoms with van der Waals surface area (Å²) in [5.41, 5.74) is 0.372. The Bertz CT molecular complexity index is 1340. The fourth-order valence-corrected chi connectivity index (χ4v) is 3.73. The fraction of sp³-hybridized carbons (Fsp3) is 0.238. The van der Waals surface area contributed by atoms with Crippen LogP contribution in [0.4, 0.5) is 23.2 Å². The summed E-state index contributed by atoms with van der Waals surface area (Å²) in [6.07, 6.45) is -0.274. The van der Waals surface area contributed by atoms with E-state index in [4.69, 9.17) is 9.15 Å². The third kappa shape index (κ3) is 4.11. The van der Waals surface area contributed by atoms with Gasteiger partial charge in [-0.05, 0) is 35.9 Å². The van der Waals surface area contributed by atoms with E-state index in [1.807, 2.05) is 0 Å². The summed E-state index contributed by atoms with van der Waals surface area (Å²) in [7, 11) is 0. The lowest BCUT2D eigenvalue weighted by Gasteiger charge is -2.15. The number of ether oxygens (including phenoxy) is 1. The van der Waals surface area contributed by atoms with Crippen LogP contribution in [0.15, 0.2) is 41.0 Å². The van der Waals surface area contributed by atoms with Gasteiger partial charge in [0.05, 0.1) is 11.1 Å². The van der Waals surface area contributed by atoms with Crippen molar-refractivity contribution >= 4 is 22.6 Å². The molecule has 33 heavy (non-hydrogen) atoms. The fourth-order valence-electron chi connectivity index (χ4n) is 3.73. The number of anilines is 1. The number of aromatic amines is 1. The third-order valence-electron chi connectivity index (χ3n) is 5.34. The lowest BCUT2D eigenvalue weighted by atomic mass is 10.1. The first-order valence-electron chi connectivity index (χ1n) is 9.89. The minimum atomic E-state index is -2.81. The number of hydrogen-bond acceptors (Lipinski definition) is 6. The number of halogens is 4. The molecule has 2 heterocycles. The Morgan fingerprint density at radius 1 is 1.21 bits per heavy atom. The van der Waals surface area contributed by atoms with E-state index >= 15 is 0 Å². The van der Waals surface area contributed by atoms with Crippen LogP contribution in [0.5, 0.6) is 5.75 Å². The maximum Gasteiger partial charge on any atom is 0.259 e. The second kappa shape index (κ2) is 7.87. The highest BCUT2D eigenvalue weighted by atomic mass is 19.3. The van der Waals surface area contributed by atoms with Crippen LogP contribution in [0.2, 0.25) is 0 Å². The number of tetrazole rings is 1. The number of alkyl halides is 2. The number of furan rings is 1. The van der Waals surface area contributed by atoms with Gasteiger partial charge in [0.1, 0.15) is 23.8 Å². The minimum absolute atomic E-state index is 0.0240. The molecule has 0 saturated heterocycles. The van der Waals surface area contributed by atoms with E-state index in [9.17, 15) is 22.4 Å². The van der Waals surface area contributed by atoms with Crippen LogP contribution < -0.4 is 10.1 Å². The maximum atomic E-state index is 14.5. The third-order valence-corrected chi connectivity index (χ3v) is 5.34. The van der Waals surface area contributed by atoms with Crippen molar-refractivity contribution in [1.82, 2.24) is 20.6 Å². The number of benzene rings is 2. The zero-order valence-electron chi connectivity index (χ0n) is 16.7. The molecule has 1 unspecified atom stereocenters. The molecule has 170 valence electrons. The monoisotopic (exact) mass is 461 g/mol. The predicted octanol–water partition coefficient (Wildman–Crippen LogP) is 4.71. The molecule has 2 aromatic carbocycles. The highest BCUT2D eigenvalue weighted by molar-refractivity contribution is 6.12. The second-order valence-corrected chi connectivity index (χ2v) is 7.65. The largest absolute Gasteiger partial charge is 0.487 e. The van der Waals surface area contributed by atoms with Crippen molar-refractivity contribution < 1.29 is 31.5 Å². The summed E-state index contributed by atoms with van der Waals surface area (Å²) in [6.45, 7) is 0. The lowest BCUT2D eigenvalue weighted by Crippen LogP contribution is -2.17. The van der Waals surface area contributed by atoms with Crippen LogP contribution in [0.25, 0.3) is 22.4 Å². The first-order chi connectivity index (χ1) is 15.8. The molecule has 0 aliphatic heterocycles. The average Bonchev–Trinajstić information content (AvgIpc) is 3.49. The Balaban J connectivity index is 1.33. The van der Waals surface area contributed by atoms with Gasteiger partial charge in [0, 0.05) is 30.0 Å². The molecule has 5 rings (SSSR count). The Hall–Kier alpha value is -3.96. The molecular formula is C21H15F4N5O3. The van der Waals surface area contributed by atoms with E-state index in [0.29, 0.717) is 0 Å². The van der Waals surface area contributed by atoms with Crippen molar-refractivity contribution in [2.24, 2.45) is 0 Å². The molecule has 2 aromatic heterocycles. The van der Waals surface area contributed by atoms with Gasteiger partial charge in [-0.15, -0.1) is 10.2 Å². The van der Waals surface area contributed by atoms with Gasteiger partial charge >= 0.3 is 0 Å². The number of nitrogens with one attached hydrogen (secondary N) is 2. The van der Waals surface area contributed by atoms with E-state index in [1.165, 1.54) is 18.2 Å². The van der Waals surface area contributed by atoms with Gasteiger partial charge < -0.3 is 14.5 Å². The van der Waals surface area contributed by atoms with Crippen LogP contribution in [-0.4, -0.2) is 38.6 Å². The zero-order chi connectivity index (χ0) is 23.2. The number of carbonyl (C=O) groups excluding carboxylic acids is 1. The number of carbonyl (C=O) groups is 1. The Morgan fingerprint density at radius 2 is 2.06 bits per heavy atom. The van der Waals surface area contributed by atoms with E-state index in [2.05, 4.69) is 25.9 Å². The predicted molar refractivity (Wildman–Crippen MR) is 107 cm³/mol. The summed E-state index contributed by atoms with van der Waals surface area (Å²) in [5, 5.41) is 15.7. The molecule has 4 aromatic rings. The van der Waals surface area contributed by atoms with E-state index in [0.717, 1.165) is 18.4 Å². The van der Waals surface area contributed by atoms with Crippen molar-refractivity contribution in [2.45, 2.75) is 31.3 Å². The molecule has 1 atom stereocenters. The van der Waals surface area contributed by atoms with Crippen molar-refractivity contribution in [3.8, 4) is 17.1 Å². The van der Waals surface area contributed by atoms with Gasteiger partial charge in [-0.25, -0.2) is 17.6 Å². The van der Waals surface area contributed by atoms with Gasteiger partial charge in [-0.2, -0.15) is 5.21 Å².